The molecule has 6 aromatic rings. The molecule has 0 atom stereocenters. The summed E-state index contributed by atoms with van der Waals surface area (Å²) >= 11 is 0.0642. The summed E-state index contributed by atoms with van der Waals surface area (Å²) < 4.78 is 50.3. The number of quaternary nitrogens is 4. The summed E-state index contributed by atoms with van der Waals surface area (Å²) in [6, 6.07) is 44.5. The molecule has 10 heterocycles. The van der Waals surface area contributed by atoms with Gasteiger partial charge in [0.05, 0.1) is 18.2 Å². The fourth-order valence-electron chi connectivity index (χ4n) is 13.2. The number of fused-ring (bicyclic) bond motifs is 4. The summed E-state index contributed by atoms with van der Waals surface area (Å²) in [6.07, 6.45) is 0. The van der Waals surface area contributed by atoms with Crippen molar-refractivity contribution in [2.75, 3.05) is 80.5 Å². The van der Waals surface area contributed by atoms with Crippen LogP contribution in [-0.4, -0.2) is 202 Å². The Morgan fingerprint density at radius 2 is 0.437 bits per heavy atom. The number of carbonyl (C=O) groups is 8. The van der Waals surface area contributed by atoms with E-state index in [4.69, 9.17) is 53.0 Å². The van der Waals surface area contributed by atoms with Gasteiger partial charge >= 0.3 is 460 Å². The van der Waals surface area contributed by atoms with E-state index >= 15 is 0 Å². The van der Waals surface area contributed by atoms with Gasteiger partial charge in [-0.3, -0.25) is 0 Å². The Kier molecular flexibility index (Phi) is 16.1. The van der Waals surface area contributed by atoms with E-state index in [1.54, 1.807) is 18.2 Å². The first-order chi connectivity index (χ1) is 41.3. The van der Waals surface area contributed by atoms with Gasteiger partial charge in [-0.1, -0.05) is 0 Å². The molecule has 29 heteroatoms. The third kappa shape index (κ3) is 10.4. The number of hydrogen-bond acceptors (Lipinski definition) is 19. The van der Waals surface area contributed by atoms with E-state index in [1.807, 2.05) is 125 Å². The van der Waals surface area contributed by atoms with Crippen molar-refractivity contribution in [1.82, 2.24) is 0 Å². The second-order valence-corrected chi connectivity index (χ2v) is 27.8. The van der Waals surface area contributed by atoms with E-state index in [1.165, 1.54) is 38.5 Å². The van der Waals surface area contributed by atoms with Gasteiger partial charge in [-0.25, -0.2) is 0 Å². The Morgan fingerprint density at radius 1 is 0.299 bits per heavy atom. The zero-order valence-electron chi connectivity index (χ0n) is 48.5. The molecule has 0 bridgehead atoms. The van der Waals surface area contributed by atoms with Crippen molar-refractivity contribution >= 4 is 125 Å². The maximum absolute atomic E-state index is 12.1. The van der Waals surface area contributed by atoms with Crippen molar-refractivity contribution in [2.45, 2.75) is 20.8 Å². The molecule has 8 aliphatic heterocycles. The van der Waals surface area contributed by atoms with Crippen LogP contribution in [-0.2, 0) is 75.6 Å². The molecule has 0 amide bonds. The molecule has 8 aliphatic rings. The number of benzene rings is 4. The predicted molar refractivity (Wildman–Crippen MR) is 316 cm³/mol. The van der Waals surface area contributed by atoms with Crippen molar-refractivity contribution in [3.8, 4) is 58.2 Å². The van der Waals surface area contributed by atoms with Gasteiger partial charge in [0, 0.05) is 20.8 Å². The second-order valence-electron chi connectivity index (χ2n) is 23.3. The minimum absolute atomic E-state index is 0.0321. The Morgan fingerprint density at radius 3 is 0.575 bits per heavy atom. The van der Waals surface area contributed by atoms with Crippen LogP contribution in [0.2, 0.25) is 0 Å². The van der Waals surface area contributed by atoms with Gasteiger partial charge in [-0.2, -0.15) is 15.8 Å². The number of hydrogen-bond donors (Lipinski definition) is 0. The molecule has 0 saturated carbocycles. The third-order valence-corrected chi connectivity index (χ3v) is 22.2. The molecule has 14 rings (SSSR count). The first kappa shape index (κ1) is 61.3. The van der Waals surface area contributed by atoms with Gasteiger partial charge in [0.15, 0.2) is 0 Å². The number of likely N-dealkylation sites (N-methyl/N-ethyl adjacent to an activating group) is 4. The van der Waals surface area contributed by atoms with Crippen LogP contribution < -0.4 is 21.9 Å². The number of nitriles is 3. The Labute approximate surface area is 512 Å². The van der Waals surface area contributed by atoms with E-state index < -0.39 is 26.7 Å². The van der Waals surface area contributed by atoms with E-state index in [2.05, 4.69) is 24.3 Å². The van der Waals surface area contributed by atoms with E-state index in [0.717, 1.165) is 22.3 Å². The van der Waals surface area contributed by atoms with E-state index in [9.17, 15) is 38.4 Å². The fraction of sp³-hybridized carbons (Fsp3) is 0.259. The molecule has 0 spiro atoms. The van der Waals surface area contributed by atoms with Crippen LogP contribution in [0, 0.1) is 34.0 Å². The van der Waals surface area contributed by atoms with Crippen molar-refractivity contribution in [2.24, 2.45) is 0 Å². The van der Waals surface area contributed by atoms with Gasteiger partial charge in [0.25, 0.3) is 0 Å². The summed E-state index contributed by atoms with van der Waals surface area (Å²) in [5, 5.41) is 22.0. The molecule has 444 valence electrons. The summed E-state index contributed by atoms with van der Waals surface area (Å²) in [7, 11) is 7.28. The van der Waals surface area contributed by atoms with Gasteiger partial charge in [0.1, 0.15) is 0 Å². The van der Waals surface area contributed by atoms with Crippen LogP contribution in [0.25, 0.3) is 40.0 Å². The number of carbonyl (C=O) groups excluding carboxylic acids is 8. The van der Waals surface area contributed by atoms with Gasteiger partial charge in [-0.15, -0.1) is 0 Å². The van der Waals surface area contributed by atoms with Crippen molar-refractivity contribution in [3.05, 3.63) is 121 Å². The molecule has 8 saturated heterocycles. The van der Waals surface area contributed by atoms with E-state index in [0.29, 0.717) is 21.9 Å². The van der Waals surface area contributed by atoms with Crippen LogP contribution >= 0.6 is 0 Å². The summed E-state index contributed by atoms with van der Waals surface area (Å²) in [6.45, 7) is -3.81. The molecule has 4 aromatic carbocycles. The van der Waals surface area contributed by atoms with Crippen LogP contribution in [0.3, 0.4) is 0 Å². The molecule has 87 heavy (non-hydrogen) atoms. The van der Waals surface area contributed by atoms with Crippen LogP contribution in [0.5, 0.6) is 0 Å². The Balaban J connectivity index is 0.000000170. The molecule has 0 radical (unpaired) electrons. The van der Waals surface area contributed by atoms with E-state index in [-0.39, 0.29) is 147 Å². The van der Waals surface area contributed by atoms with Crippen molar-refractivity contribution in [1.29, 1.82) is 15.8 Å². The number of nitrogens with zero attached hydrogens (tertiary/aromatic N) is 7. The Hall–Kier alpha value is -8.79. The average molecular weight is 1310 g/mol. The normalized spacial score (nSPS) is 29.7. The topological polar surface area (TPSA) is 282 Å². The zero-order valence-corrected chi connectivity index (χ0v) is 51.9. The predicted octanol–water partition coefficient (Wildman–Crippen LogP) is 0.569. The molecule has 2 aromatic heterocycles. The molecule has 0 N–H and O–H groups in total. The monoisotopic (exact) mass is 1310 g/mol. The molecule has 0 unspecified atom stereocenters. The van der Waals surface area contributed by atoms with Crippen molar-refractivity contribution < 1.29 is 93.2 Å². The average Bonchev–Trinajstić information content (AvgIpc) is 1.61. The molecule has 0 aliphatic carbocycles. The summed E-state index contributed by atoms with van der Waals surface area (Å²) in [4.78, 5) is 96.9. The SMILES string of the molecule is CC#N.CC#N.CC#N.C[N+]12CC(=O)O[B-]1(c1ccc(-c3ccc(-c4ccc([B-]56OC(=O)C[N+]5(C)CC(=O)O6)cc4)[se]3)cc1)OC(=O)C2.C[N+]12CC(=O)O[B-]1(c1ccc(-c3ccc(-c4ccc([B-]56OC(=O)C[N+]5(C)CC(=O)O6)cc4)[se]3)cc1)OC(=O)C2. The van der Waals surface area contributed by atoms with Gasteiger partial charge < -0.3 is 0 Å². The molecular formula is C58H57B4N7O16Se2. The van der Waals surface area contributed by atoms with Gasteiger partial charge in [-0.05, 0) is 0 Å². The van der Waals surface area contributed by atoms with Crippen molar-refractivity contribution in [3.63, 3.8) is 0 Å². The van der Waals surface area contributed by atoms with Gasteiger partial charge in [0.2, 0.25) is 0 Å². The molecule has 23 nitrogen and oxygen atoms in total. The fourth-order valence-corrected chi connectivity index (χ4v) is 17.5. The zero-order chi connectivity index (χ0) is 62.5. The third-order valence-electron chi connectivity index (χ3n) is 17.2. The minimum atomic E-state index is -2.25. The second kappa shape index (κ2) is 22.8. The Bertz CT molecular complexity index is 3390. The summed E-state index contributed by atoms with van der Waals surface area (Å²) in [5.41, 5.74) is 6.95. The number of rotatable bonds is 8. The maximum atomic E-state index is 12.1. The summed E-state index contributed by atoms with van der Waals surface area (Å²) in [5.74, 6) is -2.91. The van der Waals surface area contributed by atoms with Crippen LogP contribution in [0.1, 0.15) is 20.8 Å². The van der Waals surface area contributed by atoms with Crippen LogP contribution in [0.15, 0.2) is 121 Å². The quantitative estimate of drug-likeness (QED) is 0.188. The van der Waals surface area contributed by atoms with Crippen LogP contribution in [0.4, 0.5) is 0 Å². The molecule has 8 fully saturated rings. The first-order valence-corrected chi connectivity index (χ1v) is 31.0. The first-order valence-electron chi connectivity index (χ1n) is 27.6. The standard InChI is InChI=1S/2C26H24B2N2O8Se.3C2H3N/c2*1-29-13-23(31)35-27(29,36-24(32)14-29)19-7-3-17(4-8-19)21-11-12-22(39-21)18-5-9-20(10-6-18)28-30(2,15-25(33)37-28)16-26(34)38-28;3*1-2-3/h2*3-12H,13-16H2,1-2H3;3*1H3. The molecular weight excluding hydrogens is 1250 g/mol.